The van der Waals surface area contributed by atoms with Gasteiger partial charge in [0.1, 0.15) is 23.3 Å². The van der Waals surface area contributed by atoms with E-state index in [1.807, 2.05) is 56.3 Å². The number of carbonyl (C=O) groups is 1. The summed E-state index contributed by atoms with van der Waals surface area (Å²) in [5, 5.41) is 9.75. The van der Waals surface area contributed by atoms with E-state index in [0.29, 0.717) is 35.6 Å². The average Bonchev–Trinajstić information content (AvgIpc) is 3.15. The first-order valence-electron chi connectivity index (χ1n) is 9.50. The van der Waals surface area contributed by atoms with Crippen molar-refractivity contribution in [2.24, 2.45) is 0 Å². The summed E-state index contributed by atoms with van der Waals surface area (Å²) in [7, 11) is 0. The molecule has 4 rings (SSSR count). The monoisotopic (exact) mass is 419 g/mol. The van der Waals surface area contributed by atoms with Crippen LogP contribution >= 0.6 is 11.3 Å². The molecule has 1 amide bonds. The molecule has 0 aliphatic rings. The molecular formula is C21H21N7OS. The number of pyridine rings is 1. The molecule has 9 heteroatoms. The highest BCUT2D eigenvalue weighted by Crippen LogP contribution is 2.21. The number of nitrogens with one attached hydrogen (secondary N) is 3. The lowest BCUT2D eigenvalue weighted by Gasteiger charge is -2.10. The molecule has 0 unspecified atom stereocenters. The van der Waals surface area contributed by atoms with Crippen molar-refractivity contribution >= 4 is 44.9 Å². The Morgan fingerprint density at radius 3 is 2.63 bits per heavy atom. The van der Waals surface area contributed by atoms with Crippen LogP contribution in [-0.2, 0) is 0 Å². The minimum atomic E-state index is -0.176. The van der Waals surface area contributed by atoms with Crippen LogP contribution in [0.25, 0.3) is 10.2 Å². The van der Waals surface area contributed by atoms with Gasteiger partial charge >= 0.3 is 0 Å². The molecule has 0 atom stereocenters. The van der Waals surface area contributed by atoms with E-state index >= 15 is 0 Å². The standard InChI is InChI=1S/C21H21N7OS/c1-13-7-8-22-17(11-13)28-19-12-18(25-14(2)26-19)23-9-10-24-20(29)21-27-15-5-3-4-6-16(15)30-21/h3-8,11-12H,9-10H2,1-2H3,(H,24,29)(H2,22,23,25,26,28). The number of rotatable bonds is 7. The Bertz CT molecular complexity index is 1160. The summed E-state index contributed by atoms with van der Waals surface area (Å²) in [6, 6.07) is 13.4. The van der Waals surface area contributed by atoms with Gasteiger partial charge in [-0.2, -0.15) is 0 Å². The average molecular weight is 420 g/mol. The van der Waals surface area contributed by atoms with Crippen LogP contribution in [0.1, 0.15) is 21.2 Å². The van der Waals surface area contributed by atoms with Crippen LogP contribution in [0.2, 0.25) is 0 Å². The summed E-state index contributed by atoms with van der Waals surface area (Å²) >= 11 is 1.39. The van der Waals surface area contributed by atoms with Gasteiger partial charge in [-0.1, -0.05) is 12.1 Å². The highest BCUT2D eigenvalue weighted by atomic mass is 32.1. The van der Waals surface area contributed by atoms with E-state index in [-0.39, 0.29) is 5.91 Å². The molecule has 0 aliphatic heterocycles. The maximum Gasteiger partial charge on any atom is 0.280 e. The first-order chi connectivity index (χ1) is 14.6. The van der Waals surface area contributed by atoms with Crippen molar-refractivity contribution in [1.29, 1.82) is 0 Å². The predicted molar refractivity (Wildman–Crippen MR) is 119 cm³/mol. The molecule has 0 spiro atoms. The number of amides is 1. The third-order valence-electron chi connectivity index (χ3n) is 4.21. The summed E-state index contributed by atoms with van der Waals surface area (Å²) in [6.07, 6.45) is 1.75. The fraction of sp³-hybridized carbons (Fsp3) is 0.190. The third-order valence-corrected chi connectivity index (χ3v) is 5.25. The van der Waals surface area contributed by atoms with E-state index in [1.54, 1.807) is 6.20 Å². The Morgan fingerprint density at radius 2 is 1.80 bits per heavy atom. The van der Waals surface area contributed by atoms with Crippen LogP contribution in [0, 0.1) is 13.8 Å². The lowest BCUT2D eigenvalue weighted by atomic mass is 10.3. The van der Waals surface area contributed by atoms with Crippen molar-refractivity contribution in [3.05, 3.63) is 65.1 Å². The second kappa shape index (κ2) is 8.83. The maximum atomic E-state index is 12.3. The number of aromatic nitrogens is 4. The van der Waals surface area contributed by atoms with Gasteiger partial charge in [-0.25, -0.2) is 19.9 Å². The van der Waals surface area contributed by atoms with Gasteiger partial charge in [-0.15, -0.1) is 11.3 Å². The van der Waals surface area contributed by atoms with Gasteiger partial charge in [0.2, 0.25) is 0 Å². The fourth-order valence-electron chi connectivity index (χ4n) is 2.87. The highest BCUT2D eigenvalue weighted by Gasteiger charge is 2.11. The van der Waals surface area contributed by atoms with Crippen LogP contribution in [0.4, 0.5) is 17.5 Å². The van der Waals surface area contributed by atoms with Crippen molar-refractivity contribution in [3.8, 4) is 0 Å². The highest BCUT2D eigenvalue weighted by molar-refractivity contribution is 7.20. The Kier molecular flexibility index (Phi) is 5.80. The van der Waals surface area contributed by atoms with Crippen LogP contribution in [0.3, 0.4) is 0 Å². The maximum absolute atomic E-state index is 12.3. The topological polar surface area (TPSA) is 105 Å². The SMILES string of the molecule is Cc1ccnc(Nc2cc(NCCNC(=O)c3nc4ccccc4s3)nc(C)n2)c1. The molecule has 3 heterocycles. The van der Waals surface area contributed by atoms with Crippen molar-refractivity contribution in [3.63, 3.8) is 0 Å². The first kappa shape index (κ1) is 19.7. The molecule has 0 aliphatic carbocycles. The molecule has 3 aromatic heterocycles. The summed E-state index contributed by atoms with van der Waals surface area (Å²) in [4.78, 5) is 29.8. The zero-order valence-electron chi connectivity index (χ0n) is 16.6. The van der Waals surface area contributed by atoms with Gasteiger partial charge < -0.3 is 16.0 Å². The first-order valence-corrected chi connectivity index (χ1v) is 10.3. The zero-order valence-corrected chi connectivity index (χ0v) is 17.5. The molecule has 0 fully saturated rings. The van der Waals surface area contributed by atoms with Crippen molar-refractivity contribution in [1.82, 2.24) is 25.3 Å². The van der Waals surface area contributed by atoms with Crippen LogP contribution in [0.5, 0.6) is 0 Å². The Morgan fingerprint density at radius 1 is 0.967 bits per heavy atom. The Labute approximate surface area is 177 Å². The number of nitrogens with zero attached hydrogens (tertiary/aromatic N) is 4. The smallest absolute Gasteiger partial charge is 0.280 e. The van der Waals surface area contributed by atoms with Gasteiger partial charge in [0.25, 0.3) is 5.91 Å². The fourth-order valence-corrected chi connectivity index (χ4v) is 3.75. The van der Waals surface area contributed by atoms with E-state index in [0.717, 1.165) is 21.6 Å². The predicted octanol–water partition coefficient (Wildman–Crippen LogP) is 3.68. The molecule has 152 valence electrons. The van der Waals surface area contributed by atoms with Gasteiger partial charge in [0.15, 0.2) is 5.01 Å². The molecule has 0 bridgehead atoms. The number of anilines is 3. The molecule has 0 saturated heterocycles. The number of benzene rings is 1. The number of fused-ring (bicyclic) bond motifs is 1. The molecule has 30 heavy (non-hydrogen) atoms. The van der Waals surface area contributed by atoms with Crippen LogP contribution in [0.15, 0.2) is 48.7 Å². The lowest BCUT2D eigenvalue weighted by molar-refractivity contribution is 0.0955. The molecule has 4 aromatic rings. The number of carbonyl (C=O) groups excluding carboxylic acids is 1. The van der Waals surface area contributed by atoms with Crippen molar-refractivity contribution in [2.45, 2.75) is 13.8 Å². The second-order valence-electron chi connectivity index (χ2n) is 6.70. The van der Waals surface area contributed by atoms with Crippen molar-refractivity contribution < 1.29 is 4.79 Å². The van der Waals surface area contributed by atoms with E-state index in [4.69, 9.17) is 0 Å². The second-order valence-corrected chi connectivity index (χ2v) is 7.73. The quantitative estimate of drug-likeness (QED) is 0.392. The number of thiazole rings is 1. The summed E-state index contributed by atoms with van der Waals surface area (Å²) in [6.45, 7) is 4.80. The summed E-state index contributed by atoms with van der Waals surface area (Å²) in [5.74, 6) is 2.51. The largest absolute Gasteiger partial charge is 0.368 e. The van der Waals surface area contributed by atoms with Gasteiger partial charge in [0.05, 0.1) is 10.2 Å². The van der Waals surface area contributed by atoms with Gasteiger partial charge in [-0.3, -0.25) is 4.79 Å². The molecular weight excluding hydrogens is 398 g/mol. The number of hydrogen-bond acceptors (Lipinski definition) is 8. The van der Waals surface area contributed by atoms with E-state index < -0.39 is 0 Å². The minimum Gasteiger partial charge on any atom is -0.368 e. The lowest BCUT2D eigenvalue weighted by Crippen LogP contribution is -2.28. The van der Waals surface area contributed by atoms with Crippen LogP contribution < -0.4 is 16.0 Å². The number of aryl methyl sites for hydroxylation is 2. The van der Waals surface area contributed by atoms with Crippen molar-refractivity contribution in [2.75, 3.05) is 23.7 Å². The van der Waals surface area contributed by atoms with E-state index in [1.165, 1.54) is 11.3 Å². The third kappa shape index (κ3) is 4.87. The zero-order chi connectivity index (χ0) is 20.9. The summed E-state index contributed by atoms with van der Waals surface area (Å²) in [5.41, 5.74) is 1.95. The molecule has 1 aromatic carbocycles. The Hall–Kier alpha value is -3.59. The number of hydrogen-bond donors (Lipinski definition) is 3. The summed E-state index contributed by atoms with van der Waals surface area (Å²) < 4.78 is 1.00. The molecule has 0 saturated carbocycles. The molecule has 3 N–H and O–H groups in total. The van der Waals surface area contributed by atoms with E-state index in [9.17, 15) is 4.79 Å². The van der Waals surface area contributed by atoms with Gasteiger partial charge in [-0.05, 0) is 43.7 Å². The minimum absolute atomic E-state index is 0.176. The van der Waals surface area contributed by atoms with Crippen LogP contribution in [-0.4, -0.2) is 38.9 Å². The molecule has 8 nitrogen and oxygen atoms in total. The Balaban J connectivity index is 1.32. The van der Waals surface area contributed by atoms with E-state index in [2.05, 4.69) is 35.9 Å². The number of para-hydroxylation sites is 1. The van der Waals surface area contributed by atoms with Gasteiger partial charge in [0, 0.05) is 25.4 Å². The normalized spacial score (nSPS) is 10.7. The molecule has 0 radical (unpaired) electrons.